The Labute approximate surface area is 98.1 Å². The van der Waals surface area contributed by atoms with Crippen LogP contribution in [0.4, 0.5) is 0 Å². The van der Waals surface area contributed by atoms with E-state index in [0.717, 1.165) is 0 Å². The minimum atomic E-state index is 0. The van der Waals surface area contributed by atoms with Crippen LogP contribution in [0.1, 0.15) is 0 Å². The summed E-state index contributed by atoms with van der Waals surface area (Å²) in [4.78, 5) is 0. The van der Waals surface area contributed by atoms with Crippen LogP contribution in [-0.2, 0) is 0 Å². The van der Waals surface area contributed by atoms with Crippen molar-refractivity contribution in [3.05, 3.63) is 22.4 Å². The predicted octanol–water partition coefficient (Wildman–Crippen LogP) is 1.25. The van der Waals surface area contributed by atoms with Crippen LogP contribution in [0.25, 0.3) is 0 Å². The zero-order chi connectivity index (χ0) is 5.98. The summed E-state index contributed by atoms with van der Waals surface area (Å²) in [5, 5.41) is 7.62. The van der Waals surface area contributed by atoms with Crippen LogP contribution < -0.4 is 0 Å². The topological polar surface area (TPSA) is 25.8 Å². The molecule has 0 unspecified atom stereocenters. The molecule has 52 valence electrons. The molecule has 1 rings (SSSR count). The number of hydrogen-bond donors (Lipinski definition) is 0. The van der Waals surface area contributed by atoms with E-state index in [-0.39, 0.29) is 48.2 Å². The van der Waals surface area contributed by atoms with Crippen LogP contribution in [0.3, 0.4) is 0 Å². The van der Waals surface area contributed by atoms with Gasteiger partial charge in [-0.1, -0.05) is 23.2 Å². The van der Waals surface area contributed by atoms with E-state index < -0.39 is 0 Å². The van der Waals surface area contributed by atoms with E-state index in [1.165, 1.54) is 6.20 Å². The molecular formula is C4H5Cl2N2NaS. The summed E-state index contributed by atoms with van der Waals surface area (Å²) in [5.74, 6) is 0. The van der Waals surface area contributed by atoms with Gasteiger partial charge in [-0.15, -0.1) is 5.10 Å². The standard InChI is InChI=1S/C4H2Cl2N2.Na.H2S.H/c5-3-1-2-7-8-4(3)6;;;/h1-2H;;1H2;. The van der Waals surface area contributed by atoms with Gasteiger partial charge in [0.05, 0.1) is 11.2 Å². The Kier molecular flexibility index (Phi) is 9.11. The number of hydrogen-bond acceptors (Lipinski definition) is 2. The fourth-order valence-electron chi connectivity index (χ4n) is 0.299. The zero-order valence-electron chi connectivity index (χ0n) is 4.31. The second-order valence-electron chi connectivity index (χ2n) is 1.17. The molecule has 0 amide bonds. The van der Waals surface area contributed by atoms with E-state index in [1.54, 1.807) is 6.07 Å². The van der Waals surface area contributed by atoms with Crippen molar-refractivity contribution in [2.45, 2.75) is 0 Å². The first-order chi connectivity index (χ1) is 3.80. The van der Waals surface area contributed by atoms with Crippen LogP contribution in [0.5, 0.6) is 0 Å². The van der Waals surface area contributed by atoms with Gasteiger partial charge >= 0.3 is 29.6 Å². The number of nitrogens with zero attached hydrogens (tertiary/aromatic N) is 2. The molecule has 0 spiro atoms. The van der Waals surface area contributed by atoms with E-state index in [0.29, 0.717) is 5.02 Å². The Morgan fingerprint density at radius 3 is 2.20 bits per heavy atom. The molecule has 0 saturated carbocycles. The Balaban J connectivity index is 0. The predicted molar refractivity (Wildman–Crippen MR) is 49.6 cm³/mol. The first-order valence-corrected chi connectivity index (χ1v) is 2.69. The maximum atomic E-state index is 5.47. The van der Waals surface area contributed by atoms with E-state index in [1.807, 2.05) is 0 Å². The number of rotatable bonds is 0. The first kappa shape index (κ1) is 13.6. The van der Waals surface area contributed by atoms with Crippen LogP contribution in [0, 0.1) is 0 Å². The van der Waals surface area contributed by atoms with Crippen molar-refractivity contribution in [2.24, 2.45) is 0 Å². The van der Waals surface area contributed by atoms with Crippen LogP contribution in [-0.4, -0.2) is 39.8 Å². The SMILES string of the molecule is Clc1ccnnc1Cl.S.[NaH]. The quantitative estimate of drug-likeness (QED) is 0.598. The molecule has 0 N–H and O–H groups in total. The Morgan fingerprint density at radius 1 is 1.30 bits per heavy atom. The summed E-state index contributed by atoms with van der Waals surface area (Å²) < 4.78 is 0. The molecule has 0 radical (unpaired) electrons. The van der Waals surface area contributed by atoms with Crippen molar-refractivity contribution in [3.8, 4) is 0 Å². The Morgan fingerprint density at radius 2 is 1.90 bits per heavy atom. The molecular weight excluding hydrogens is 202 g/mol. The van der Waals surface area contributed by atoms with Crippen LogP contribution in [0.2, 0.25) is 10.2 Å². The second-order valence-corrected chi connectivity index (χ2v) is 1.94. The monoisotopic (exact) mass is 206 g/mol. The molecule has 0 atom stereocenters. The summed E-state index contributed by atoms with van der Waals surface area (Å²) >= 11 is 10.9. The third-order valence-corrected chi connectivity index (χ3v) is 1.31. The number of halogens is 2. The molecule has 0 aromatic carbocycles. The van der Waals surface area contributed by atoms with Gasteiger partial charge < -0.3 is 0 Å². The van der Waals surface area contributed by atoms with Crippen molar-refractivity contribution in [1.82, 2.24) is 10.2 Å². The maximum absolute atomic E-state index is 5.47. The first-order valence-electron chi connectivity index (χ1n) is 1.93. The van der Waals surface area contributed by atoms with Crippen molar-refractivity contribution in [1.29, 1.82) is 0 Å². The summed E-state index contributed by atoms with van der Waals surface area (Å²) in [7, 11) is 0. The van der Waals surface area contributed by atoms with Gasteiger partial charge in [0.25, 0.3) is 0 Å². The molecule has 10 heavy (non-hydrogen) atoms. The molecule has 1 aromatic rings. The average Bonchev–Trinajstić information content (AvgIpc) is 1.77. The van der Waals surface area contributed by atoms with E-state index in [2.05, 4.69) is 10.2 Å². The molecule has 1 heterocycles. The minimum absolute atomic E-state index is 0. The van der Waals surface area contributed by atoms with Gasteiger partial charge in [0, 0.05) is 0 Å². The van der Waals surface area contributed by atoms with Crippen LogP contribution >= 0.6 is 36.7 Å². The van der Waals surface area contributed by atoms with E-state index in [9.17, 15) is 0 Å². The summed E-state index contributed by atoms with van der Waals surface area (Å²) in [6, 6.07) is 1.58. The van der Waals surface area contributed by atoms with Crippen molar-refractivity contribution < 1.29 is 0 Å². The van der Waals surface area contributed by atoms with Gasteiger partial charge in [-0.25, -0.2) is 0 Å². The second kappa shape index (κ2) is 6.70. The van der Waals surface area contributed by atoms with Crippen molar-refractivity contribution >= 4 is 66.3 Å². The van der Waals surface area contributed by atoms with E-state index >= 15 is 0 Å². The Bertz CT molecular complexity index is 177. The van der Waals surface area contributed by atoms with Crippen molar-refractivity contribution in [3.63, 3.8) is 0 Å². The van der Waals surface area contributed by atoms with Gasteiger partial charge in [0.1, 0.15) is 0 Å². The fourth-order valence-corrected chi connectivity index (χ4v) is 0.500. The van der Waals surface area contributed by atoms with Gasteiger partial charge in [-0.05, 0) is 6.07 Å². The van der Waals surface area contributed by atoms with Crippen LogP contribution in [0.15, 0.2) is 12.3 Å². The normalized spacial score (nSPS) is 7.40. The van der Waals surface area contributed by atoms with Gasteiger partial charge in [0.15, 0.2) is 5.15 Å². The molecule has 0 aliphatic carbocycles. The molecule has 0 saturated heterocycles. The molecule has 1 aromatic heterocycles. The third-order valence-electron chi connectivity index (χ3n) is 0.630. The van der Waals surface area contributed by atoms with Gasteiger partial charge in [-0.3, -0.25) is 0 Å². The summed E-state index contributed by atoms with van der Waals surface area (Å²) in [5.41, 5.74) is 0. The van der Waals surface area contributed by atoms with Gasteiger partial charge in [-0.2, -0.15) is 18.6 Å². The molecule has 6 heteroatoms. The molecule has 0 bridgehead atoms. The van der Waals surface area contributed by atoms with Crippen molar-refractivity contribution in [2.75, 3.05) is 0 Å². The van der Waals surface area contributed by atoms with Gasteiger partial charge in [0.2, 0.25) is 0 Å². The Hall–Kier alpha value is 1.01. The summed E-state index contributed by atoms with van der Waals surface area (Å²) in [6.45, 7) is 0. The summed E-state index contributed by atoms with van der Waals surface area (Å²) in [6.07, 6.45) is 1.48. The third kappa shape index (κ3) is 4.01. The van der Waals surface area contributed by atoms with E-state index in [4.69, 9.17) is 23.2 Å². The molecule has 0 aliphatic rings. The molecule has 0 aliphatic heterocycles. The number of aromatic nitrogens is 2. The average molecular weight is 207 g/mol. The fraction of sp³-hybridized carbons (Fsp3) is 0. The molecule has 2 nitrogen and oxygen atoms in total. The zero-order valence-corrected chi connectivity index (χ0v) is 6.82. The molecule has 0 fully saturated rings.